The lowest BCUT2D eigenvalue weighted by atomic mass is 10.0. The van der Waals surface area contributed by atoms with Crippen molar-refractivity contribution < 1.29 is 4.79 Å². The van der Waals surface area contributed by atoms with Crippen molar-refractivity contribution in [3.63, 3.8) is 0 Å². The van der Waals surface area contributed by atoms with Crippen molar-refractivity contribution in [1.29, 1.82) is 0 Å². The number of carbonyl (C=O) groups is 1. The smallest absolute Gasteiger partial charge is 0.257 e. The van der Waals surface area contributed by atoms with Crippen LogP contribution in [0.25, 0.3) is 11.1 Å². The van der Waals surface area contributed by atoms with E-state index in [9.17, 15) is 4.79 Å². The van der Waals surface area contributed by atoms with Crippen LogP contribution in [-0.2, 0) is 0 Å². The number of benzene rings is 3. The van der Waals surface area contributed by atoms with Crippen molar-refractivity contribution >= 4 is 28.9 Å². The Bertz CT molecular complexity index is 934. The Kier molecular flexibility index (Phi) is 5.44. The van der Waals surface area contributed by atoms with E-state index in [1.165, 1.54) is 11.1 Å². The highest BCUT2D eigenvalue weighted by atomic mass is 32.1. The van der Waals surface area contributed by atoms with E-state index in [0.717, 1.165) is 16.8 Å². The molecule has 3 aromatic rings. The highest BCUT2D eigenvalue weighted by Gasteiger charge is 2.09. The van der Waals surface area contributed by atoms with Crippen molar-refractivity contribution in [2.24, 2.45) is 0 Å². The first-order valence-corrected chi connectivity index (χ1v) is 8.79. The van der Waals surface area contributed by atoms with Crippen LogP contribution in [0.3, 0.4) is 0 Å². The minimum Gasteiger partial charge on any atom is -0.332 e. The standard InChI is InChI=1S/C22H20N2OS/c1-15-8-13-20(14-16(15)2)23-22(26)24-21(25)19-11-9-18(10-12-19)17-6-4-3-5-7-17/h3-14H,1-2H3,(H2,23,24,25,26). The number of aryl methyl sites for hydroxylation is 2. The SMILES string of the molecule is Cc1ccc(NC(=S)NC(=O)c2ccc(-c3ccccc3)cc2)cc1C. The molecule has 4 heteroatoms. The summed E-state index contributed by atoms with van der Waals surface area (Å²) in [4.78, 5) is 12.4. The number of nitrogens with one attached hydrogen (secondary N) is 2. The molecule has 3 rings (SSSR count). The van der Waals surface area contributed by atoms with E-state index in [1.807, 2.05) is 67.6 Å². The molecule has 0 atom stereocenters. The molecule has 0 bridgehead atoms. The number of amides is 1. The van der Waals surface area contributed by atoms with Gasteiger partial charge >= 0.3 is 0 Å². The Morgan fingerprint density at radius 2 is 1.46 bits per heavy atom. The molecule has 0 aliphatic carbocycles. The third-order valence-electron chi connectivity index (χ3n) is 4.25. The number of anilines is 1. The normalized spacial score (nSPS) is 10.2. The van der Waals surface area contributed by atoms with Crippen LogP contribution in [0.15, 0.2) is 72.8 Å². The lowest BCUT2D eigenvalue weighted by Crippen LogP contribution is -2.34. The average molecular weight is 360 g/mol. The Balaban J connectivity index is 1.64. The van der Waals surface area contributed by atoms with Crippen molar-refractivity contribution in [3.05, 3.63) is 89.5 Å². The molecular formula is C22H20N2OS. The predicted molar refractivity (Wildman–Crippen MR) is 111 cm³/mol. The van der Waals surface area contributed by atoms with Crippen LogP contribution >= 0.6 is 12.2 Å². The van der Waals surface area contributed by atoms with Gasteiger partial charge in [0.15, 0.2) is 5.11 Å². The van der Waals surface area contributed by atoms with E-state index in [0.29, 0.717) is 5.56 Å². The van der Waals surface area contributed by atoms with Crippen molar-refractivity contribution in [2.45, 2.75) is 13.8 Å². The average Bonchev–Trinajstić information content (AvgIpc) is 2.65. The fourth-order valence-electron chi connectivity index (χ4n) is 2.60. The molecule has 2 N–H and O–H groups in total. The van der Waals surface area contributed by atoms with E-state index in [1.54, 1.807) is 12.1 Å². The van der Waals surface area contributed by atoms with E-state index in [2.05, 4.69) is 17.6 Å². The van der Waals surface area contributed by atoms with Gasteiger partial charge in [0.05, 0.1) is 0 Å². The fraction of sp³-hybridized carbons (Fsp3) is 0.0909. The first-order chi connectivity index (χ1) is 12.5. The lowest BCUT2D eigenvalue weighted by molar-refractivity contribution is 0.0978. The molecule has 3 aromatic carbocycles. The minimum atomic E-state index is -0.231. The third-order valence-corrected chi connectivity index (χ3v) is 4.45. The maximum absolute atomic E-state index is 12.4. The second kappa shape index (κ2) is 7.93. The number of hydrogen-bond acceptors (Lipinski definition) is 2. The fourth-order valence-corrected chi connectivity index (χ4v) is 2.81. The Labute approximate surface area is 159 Å². The van der Waals surface area contributed by atoms with Crippen LogP contribution in [0.1, 0.15) is 21.5 Å². The van der Waals surface area contributed by atoms with Gasteiger partial charge in [-0.1, -0.05) is 48.5 Å². The summed E-state index contributed by atoms with van der Waals surface area (Å²) in [6.07, 6.45) is 0. The summed E-state index contributed by atoms with van der Waals surface area (Å²) in [6, 6.07) is 23.5. The number of carbonyl (C=O) groups excluding carboxylic acids is 1. The Morgan fingerprint density at radius 1 is 0.808 bits per heavy atom. The van der Waals surface area contributed by atoms with Crippen LogP contribution < -0.4 is 10.6 Å². The summed E-state index contributed by atoms with van der Waals surface area (Å²) in [5.41, 5.74) is 5.99. The van der Waals surface area contributed by atoms with Gasteiger partial charge in [-0.25, -0.2) is 0 Å². The topological polar surface area (TPSA) is 41.1 Å². The van der Waals surface area contributed by atoms with Gasteiger partial charge in [-0.05, 0) is 72.6 Å². The van der Waals surface area contributed by atoms with Gasteiger partial charge in [0, 0.05) is 11.3 Å². The van der Waals surface area contributed by atoms with E-state index in [-0.39, 0.29) is 11.0 Å². The summed E-state index contributed by atoms with van der Waals surface area (Å²) in [5, 5.41) is 6.05. The molecule has 0 aliphatic heterocycles. The van der Waals surface area contributed by atoms with Crippen LogP contribution in [0.4, 0.5) is 5.69 Å². The molecule has 0 spiro atoms. The zero-order valence-electron chi connectivity index (χ0n) is 14.7. The molecule has 0 saturated carbocycles. The minimum absolute atomic E-state index is 0.231. The highest BCUT2D eigenvalue weighted by Crippen LogP contribution is 2.19. The zero-order valence-corrected chi connectivity index (χ0v) is 15.6. The summed E-state index contributed by atoms with van der Waals surface area (Å²) in [5.74, 6) is -0.231. The summed E-state index contributed by atoms with van der Waals surface area (Å²) in [6.45, 7) is 4.09. The monoisotopic (exact) mass is 360 g/mol. The Hall–Kier alpha value is -2.98. The molecular weight excluding hydrogens is 340 g/mol. The lowest BCUT2D eigenvalue weighted by Gasteiger charge is -2.11. The van der Waals surface area contributed by atoms with E-state index >= 15 is 0 Å². The van der Waals surface area contributed by atoms with Crippen molar-refractivity contribution in [2.75, 3.05) is 5.32 Å². The highest BCUT2D eigenvalue weighted by molar-refractivity contribution is 7.80. The van der Waals surface area contributed by atoms with Gasteiger partial charge in [-0.2, -0.15) is 0 Å². The molecule has 0 aromatic heterocycles. The second-order valence-electron chi connectivity index (χ2n) is 6.15. The van der Waals surface area contributed by atoms with Crippen molar-refractivity contribution in [3.8, 4) is 11.1 Å². The van der Waals surface area contributed by atoms with Crippen LogP contribution in [0.5, 0.6) is 0 Å². The van der Waals surface area contributed by atoms with Gasteiger partial charge < -0.3 is 5.32 Å². The molecule has 0 heterocycles. The molecule has 1 amide bonds. The van der Waals surface area contributed by atoms with Crippen LogP contribution in [0.2, 0.25) is 0 Å². The summed E-state index contributed by atoms with van der Waals surface area (Å²) in [7, 11) is 0. The van der Waals surface area contributed by atoms with Gasteiger partial charge in [-0.15, -0.1) is 0 Å². The molecule has 0 aliphatic rings. The number of hydrogen-bond donors (Lipinski definition) is 2. The largest absolute Gasteiger partial charge is 0.332 e. The molecule has 0 radical (unpaired) electrons. The molecule has 26 heavy (non-hydrogen) atoms. The molecule has 0 saturated heterocycles. The molecule has 3 nitrogen and oxygen atoms in total. The number of thiocarbonyl (C=S) groups is 1. The molecule has 130 valence electrons. The Morgan fingerprint density at radius 3 is 2.12 bits per heavy atom. The van der Waals surface area contributed by atoms with Gasteiger partial charge in [0.2, 0.25) is 0 Å². The number of rotatable bonds is 3. The van der Waals surface area contributed by atoms with Gasteiger partial charge in [0.1, 0.15) is 0 Å². The van der Waals surface area contributed by atoms with Crippen LogP contribution in [-0.4, -0.2) is 11.0 Å². The first kappa shape index (κ1) is 17.8. The van der Waals surface area contributed by atoms with E-state index < -0.39 is 0 Å². The summed E-state index contributed by atoms with van der Waals surface area (Å²) < 4.78 is 0. The molecule has 0 unspecified atom stereocenters. The van der Waals surface area contributed by atoms with Gasteiger partial charge in [-0.3, -0.25) is 10.1 Å². The van der Waals surface area contributed by atoms with Crippen molar-refractivity contribution in [1.82, 2.24) is 5.32 Å². The maximum Gasteiger partial charge on any atom is 0.257 e. The maximum atomic E-state index is 12.4. The first-order valence-electron chi connectivity index (χ1n) is 8.38. The predicted octanol–water partition coefficient (Wildman–Crippen LogP) is 5.10. The quantitative estimate of drug-likeness (QED) is 0.639. The molecule has 0 fully saturated rings. The third kappa shape index (κ3) is 4.35. The van der Waals surface area contributed by atoms with Gasteiger partial charge in [0.25, 0.3) is 5.91 Å². The summed E-state index contributed by atoms with van der Waals surface area (Å²) >= 11 is 5.25. The second-order valence-corrected chi connectivity index (χ2v) is 6.56. The van der Waals surface area contributed by atoms with E-state index in [4.69, 9.17) is 12.2 Å². The van der Waals surface area contributed by atoms with Crippen LogP contribution in [0, 0.1) is 13.8 Å². The zero-order chi connectivity index (χ0) is 18.5.